The highest BCUT2D eigenvalue weighted by molar-refractivity contribution is 5.10. The molecule has 0 bridgehead atoms. The van der Waals surface area contributed by atoms with Crippen molar-refractivity contribution in [3.63, 3.8) is 0 Å². The van der Waals surface area contributed by atoms with Crippen LogP contribution in [-0.4, -0.2) is 15.2 Å². The molecule has 0 radical (unpaired) electrons. The average Bonchev–Trinajstić information content (AvgIpc) is 2.17. The molecule has 0 saturated carbocycles. The fraction of sp³-hybridized carbons (Fsp3) is 0.333. The second-order valence-electron chi connectivity index (χ2n) is 1.41. The molecule has 0 aliphatic rings. The molecule has 1 heterocycles. The Bertz CT molecular complexity index is 243. The largest absolute Gasteiger partial charge is 0.263 e. The van der Waals surface area contributed by atoms with Gasteiger partial charge in [0.2, 0.25) is 5.95 Å². The van der Waals surface area contributed by atoms with Gasteiger partial charge < -0.3 is 0 Å². The maximum absolute atomic E-state index is 7.89. The molecule has 1 N–H and O–H groups in total. The van der Waals surface area contributed by atoms with Crippen molar-refractivity contribution in [1.29, 1.82) is 0 Å². The maximum atomic E-state index is 7.89. The summed E-state index contributed by atoms with van der Waals surface area (Å²) in [7, 11) is 0. The smallest absolute Gasteiger partial charge is 0.237 e. The van der Waals surface area contributed by atoms with Crippen LogP contribution in [0.15, 0.2) is 5.11 Å². The molecule has 1 aromatic heterocycles. The summed E-state index contributed by atoms with van der Waals surface area (Å²) in [6.45, 7) is 1.73. The molecule has 0 aliphatic heterocycles. The van der Waals surface area contributed by atoms with E-state index in [4.69, 9.17) is 5.53 Å². The van der Waals surface area contributed by atoms with Crippen LogP contribution in [0.2, 0.25) is 0 Å². The van der Waals surface area contributed by atoms with Crippen LogP contribution in [-0.2, 0) is 0 Å². The van der Waals surface area contributed by atoms with E-state index in [0.717, 1.165) is 0 Å². The minimum absolute atomic E-state index is 0.134. The Labute approximate surface area is 50.5 Å². The van der Waals surface area contributed by atoms with Gasteiger partial charge in [0.1, 0.15) is 5.82 Å². The zero-order valence-electron chi connectivity index (χ0n) is 4.74. The van der Waals surface area contributed by atoms with E-state index in [2.05, 4.69) is 25.2 Å². The van der Waals surface area contributed by atoms with Gasteiger partial charge in [0.05, 0.1) is 0 Å². The zero-order valence-corrected chi connectivity index (χ0v) is 4.74. The van der Waals surface area contributed by atoms with Gasteiger partial charge in [0.15, 0.2) is 0 Å². The number of nitrogens with one attached hydrogen (secondary N) is 1. The number of nitrogens with zero attached hydrogens (tertiary/aromatic N) is 5. The standard InChI is InChI=1S/C3H4N6/c1-2-5-3(7-6-2)8-9-4/h1H3,(H,5,6,7). The Kier molecular flexibility index (Phi) is 1.33. The summed E-state index contributed by atoms with van der Waals surface area (Å²) in [5.41, 5.74) is 7.89. The van der Waals surface area contributed by atoms with Crippen molar-refractivity contribution in [1.82, 2.24) is 15.2 Å². The summed E-state index contributed by atoms with van der Waals surface area (Å²) in [5.74, 6) is 0.771. The molecule has 0 amide bonds. The third kappa shape index (κ3) is 1.17. The van der Waals surface area contributed by atoms with Crippen LogP contribution < -0.4 is 0 Å². The lowest BCUT2D eigenvalue weighted by Crippen LogP contribution is -1.69. The minimum atomic E-state index is 0.134. The Hall–Kier alpha value is -1.55. The van der Waals surface area contributed by atoms with Crippen molar-refractivity contribution in [2.45, 2.75) is 6.92 Å². The van der Waals surface area contributed by atoms with Crippen molar-refractivity contribution in [3.05, 3.63) is 16.3 Å². The summed E-state index contributed by atoms with van der Waals surface area (Å²) in [6.07, 6.45) is 0. The lowest BCUT2D eigenvalue weighted by molar-refractivity contribution is 1.03. The lowest BCUT2D eigenvalue weighted by atomic mass is 10.8. The van der Waals surface area contributed by atoms with E-state index in [1.807, 2.05) is 0 Å². The summed E-state index contributed by atoms with van der Waals surface area (Å²) in [4.78, 5) is 6.21. The van der Waals surface area contributed by atoms with E-state index >= 15 is 0 Å². The van der Waals surface area contributed by atoms with Gasteiger partial charge in [-0.25, -0.2) is 4.98 Å². The Morgan fingerprint density at radius 1 is 1.78 bits per heavy atom. The van der Waals surface area contributed by atoms with Crippen molar-refractivity contribution < 1.29 is 0 Å². The van der Waals surface area contributed by atoms with Crippen molar-refractivity contribution in [2.75, 3.05) is 0 Å². The van der Waals surface area contributed by atoms with E-state index in [1.165, 1.54) is 0 Å². The molecular weight excluding hydrogens is 120 g/mol. The molecule has 0 fully saturated rings. The number of aromatic amines is 1. The predicted octanol–water partition coefficient (Wildman–Crippen LogP) is 1.05. The van der Waals surface area contributed by atoms with E-state index in [9.17, 15) is 0 Å². The zero-order chi connectivity index (χ0) is 6.69. The minimum Gasteiger partial charge on any atom is -0.263 e. The maximum Gasteiger partial charge on any atom is 0.237 e. The van der Waals surface area contributed by atoms with Crippen molar-refractivity contribution in [2.24, 2.45) is 5.11 Å². The third-order valence-electron chi connectivity index (χ3n) is 0.720. The van der Waals surface area contributed by atoms with Gasteiger partial charge in [0.25, 0.3) is 0 Å². The van der Waals surface area contributed by atoms with Gasteiger partial charge in [-0.3, -0.25) is 5.10 Å². The molecule has 0 saturated heterocycles. The normalized spacial score (nSPS) is 8.56. The first kappa shape index (κ1) is 5.58. The van der Waals surface area contributed by atoms with Crippen LogP contribution in [0.5, 0.6) is 0 Å². The first-order valence-electron chi connectivity index (χ1n) is 2.27. The van der Waals surface area contributed by atoms with Gasteiger partial charge in [-0.1, -0.05) is 0 Å². The molecule has 0 aliphatic carbocycles. The van der Waals surface area contributed by atoms with Gasteiger partial charge in [-0.2, -0.15) is 5.10 Å². The van der Waals surface area contributed by atoms with Crippen LogP contribution in [0.4, 0.5) is 5.95 Å². The molecule has 1 aromatic rings. The fourth-order valence-electron chi connectivity index (χ4n) is 0.416. The Morgan fingerprint density at radius 3 is 3.00 bits per heavy atom. The number of aromatic nitrogens is 3. The molecule has 0 spiro atoms. The van der Waals surface area contributed by atoms with Crippen molar-refractivity contribution >= 4 is 5.95 Å². The first-order chi connectivity index (χ1) is 4.33. The quantitative estimate of drug-likeness (QED) is 0.344. The van der Waals surface area contributed by atoms with Gasteiger partial charge in [-0.05, 0) is 17.6 Å². The number of hydrogen-bond acceptors (Lipinski definition) is 3. The number of H-pyrrole nitrogens is 1. The van der Waals surface area contributed by atoms with Crippen molar-refractivity contribution in [3.8, 4) is 0 Å². The third-order valence-corrected chi connectivity index (χ3v) is 0.720. The molecule has 6 heteroatoms. The van der Waals surface area contributed by atoms with Gasteiger partial charge in [-0.15, -0.1) is 0 Å². The lowest BCUT2D eigenvalue weighted by Gasteiger charge is -1.69. The predicted molar refractivity (Wildman–Crippen MR) is 29.9 cm³/mol. The fourth-order valence-corrected chi connectivity index (χ4v) is 0.416. The highest BCUT2D eigenvalue weighted by Crippen LogP contribution is 2.00. The van der Waals surface area contributed by atoms with Crippen LogP contribution in [0.25, 0.3) is 10.4 Å². The number of rotatable bonds is 1. The highest BCUT2D eigenvalue weighted by Gasteiger charge is 1.91. The summed E-state index contributed by atoms with van der Waals surface area (Å²) in [6, 6.07) is 0. The topological polar surface area (TPSA) is 90.3 Å². The molecule has 1 rings (SSSR count). The van der Waals surface area contributed by atoms with Gasteiger partial charge in [0, 0.05) is 4.91 Å². The van der Waals surface area contributed by atoms with E-state index in [-0.39, 0.29) is 5.95 Å². The Balaban J connectivity index is 2.97. The average molecular weight is 124 g/mol. The highest BCUT2D eigenvalue weighted by atomic mass is 15.3. The van der Waals surface area contributed by atoms with E-state index in [1.54, 1.807) is 6.92 Å². The SMILES string of the molecule is Cc1nc(N=[N+]=[N-])n[nH]1. The first-order valence-corrected chi connectivity index (χ1v) is 2.27. The molecule has 0 aromatic carbocycles. The van der Waals surface area contributed by atoms with Crippen LogP contribution in [0.1, 0.15) is 5.82 Å². The summed E-state index contributed by atoms with van der Waals surface area (Å²) >= 11 is 0. The van der Waals surface area contributed by atoms with Crippen LogP contribution >= 0.6 is 0 Å². The monoisotopic (exact) mass is 124 g/mol. The number of aryl methyl sites for hydroxylation is 1. The van der Waals surface area contributed by atoms with Crippen LogP contribution in [0, 0.1) is 6.92 Å². The second kappa shape index (κ2) is 2.15. The summed E-state index contributed by atoms with van der Waals surface area (Å²) < 4.78 is 0. The Morgan fingerprint density at radius 2 is 2.56 bits per heavy atom. The number of hydrogen-bond donors (Lipinski definition) is 1. The second-order valence-corrected chi connectivity index (χ2v) is 1.41. The molecule has 9 heavy (non-hydrogen) atoms. The molecule has 46 valence electrons. The molecule has 6 nitrogen and oxygen atoms in total. The molecule has 0 atom stereocenters. The van der Waals surface area contributed by atoms with Crippen LogP contribution in [0.3, 0.4) is 0 Å². The molecule has 0 unspecified atom stereocenters. The van der Waals surface area contributed by atoms with E-state index < -0.39 is 0 Å². The molecular formula is C3H4N6. The van der Waals surface area contributed by atoms with E-state index in [0.29, 0.717) is 5.82 Å². The van der Waals surface area contributed by atoms with Gasteiger partial charge >= 0.3 is 0 Å². The summed E-state index contributed by atoms with van der Waals surface area (Å²) in [5, 5.41) is 9.23. The number of azide groups is 1.